The molecule has 2 N–H and O–H groups in total. The fraction of sp³-hybridized carbons (Fsp3) is 0.120. The number of carbonyl (C=O) groups is 3. The summed E-state index contributed by atoms with van der Waals surface area (Å²) >= 11 is 11.7. The lowest BCUT2D eigenvalue weighted by Crippen LogP contribution is -2.33. The van der Waals surface area contributed by atoms with Crippen LogP contribution in [0.3, 0.4) is 0 Å². The van der Waals surface area contributed by atoms with E-state index < -0.39 is 35.2 Å². The number of halogens is 5. The Hall–Kier alpha value is -4.09. The van der Waals surface area contributed by atoms with Crippen LogP contribution in [0.5, 0.6) is 11.5 Å². The van der Waals surface area contributed by atoms with E-state index in [0.717, 1.165) is 12.1 Å². The molecule has 3 aromatic carbocycles. The first-order valence-electron chi connectivity index (χ1n) is 10.6. The van der Waals surface area contributed by atoms with Gasteiger partial charge in [0.2, 0.25) is 0 Å². The minimum Gasteiger partial charge on any atom is -0.493 e. The lowest BCUT2D eigenvalue weighted by Gasteiger charge is -2.12. The summed E-state index contributed by atoms with van der Waals surface area (Å²) in [7, 11) is 1.35. The smallest absolute Gasteiger partial charge is 0.416 e. The fourth-order valence-electron chi connectivity index (χ4n) is 2.98. The summed E-state index contributed by atoms with van der Waals surface area (Å²) in [5.41, 5.74) is 1.46. The second-order valence-electron chi connectivity index (χ2n) is 7.55. The highest BCUT2D eigenvalue weighted by Gasteiger charge is 2.31. The SMILES string of the molecule is COc1cc(/C(C)=N/NC(=O)C(=O)Nc2cc(C(F)(F)F)ccc2Cl)ccc1OC(=O)c1cccc(Cl)c1. The highest BCUT2D eigenvalue weighted by molar-refractivity contribution is 6.41. The zero-order chi connectivity index (χ0) is 28.0. The summed E-state index contributed by atoms with van der Waals surface area (Å²) in [6.45, 7) is 1.51. The Bertz CT molecular complexity index is 1430. The summed E-state index contributed by atoms with van der Waals surface area (Å²) in [5.74, 6) is -2.92. The zero-order valence-corrected chi connectivity index (χ0v) is 21.2. The maximum absolute atomic E-state index is 12.9. The van der Waals surface area contributed by atoms with Gasteiger partial charge < -0.3 is 14.8 Å². The predicted molar refractivity (Wildman–Crippen MR) is 135 cm³/mol. The van der Waals surface area contributed by atoms with Crippen molar-refractivity contribution in [2.45, 2.75) is 13.1 Å². The van der Waals surface area contributed by atoms with Crippen molar-refractivity contribution in [3.8, 4) is 11.5 Å². The number of anilines is 1. The van der Waals surface area contributed by atoms with Crippen molar-refractivity contribution in [1.82, 2.24) is 5.43 Å². The number of ether oxygens (including phenoxy) is 2. The van der Waals surface area contributed by atoms with Crippen molar-refractivity contribution in [3.63, 3.8) is 0 Å². The Balaban J connectivity index is 1.68. The quantitative estimate of drug-likeness (QED) is 0.130. The lowest BCUT2D eigenvalue weighted by molar-refractivity contribution is -0.137. The van der Waals surface area contributed by atoms with Gasteiger partial charge in [0.15, 0.2) is 11.5 Å². The summed E-state index contributed by atoms with van der Waals surface area (Å²) in [6.07, 6.45) is -4.67. The van der Waals surface area contributed by atoms with E-state index in [9.17, 15) is 27.6 Å². The van der Waals surface area contributed by atoms with E-state index in [1.54, 1.807) is 12.1 Å². The highest BCUT2D eigenvalue weighted by Crippen LogP contribution is 2.34. The molecule has 0 bridgehead atoms. The molecule has 3 aromatic rings. The predicted octanol–water partition coefficient (Wildman–Crippen LogP) is 5.72. The Kier molecular flexibility index (Phi) is 8.97. The summed E-state index contributed by atoms with van der Waals surface area (Å²) in [6, 6.07) is 12.9. The van der Waals surface area contributed by atoms with Gasteiger partial charge >= 0.3 is 24.0 Å². The standard InChI is InChI=1S/C25H18Cl2F3N3O5/c1-13(32-33-23(35)22(34)31-19-12-16(25(28,29)30)7-8-18(19)27)14-6-9-20(21(11-14)37-2)38-24(36)15-4-3-5-17(26)10-15/h3-12H,1-2H3,(H,31,34)(H,33,35)/b32-13+. The van der Waals surface area contributed by atoms with E-state index in [-0.39, 0.29) is 27.8 Å². The van der Waals surface area contributed by atoms with Crippen LogP contribution in [-0.2, 0) is 15.8 Å². The lowest BCUT2D eigenvalue weighted by atomic mass is 10.1. The number of nitrogens with zero attached hydrogens (tertiary/aromatic N) is 1. The van der Waals surface area contributed by atoms with Gasteiger partial charge in [0.25, 0.3) is 0 Å². The maximum atomic E-state index is 12.9. The molecule has 0 heterocycles. The third-order valence-electron chi connectivity index (χ3n) is 4.92. The van der Waals surface area contributed by atoms with Crippen molar-refractivity contribution >= 4 is 52.4 Å². The van der Waals surface area contributed by atoms with E-state index in [1.807, 2.05) is 10.7 Å². The molecule has 38 heavy (non-hydrogen) atoms. The van der Waals surface area contributed by atoms with Gasteiger partial charge in [-0.05, 0) is 61.5 Å². The van der Waals surface area contributed by atoms with Crippen molar-refractivity contribution in [3.05, 3.63) is 87.4 Å². The third kappa shape index (κ3) is 7.24. The van der Waals surface area contributed by atoms with Gasteiger partial charge in [-0.3, -0.25) is 9.59 Å². The van der Waals surface area contributed by atoms with Gasteiger partial charge in [-0.2, -0.15) is 18.3 Å². The Morgan fingerprint density at radius 3 is 2.29 bits per heavy atom. The summed E-state index contributed by atoms with van der Waals surface area (Å²) in [5, 5.41) is 6.01. The summed E-state index contributed by atoms with van der Waals surface area (Å²) in [4.78, 5) is 36.7. The molecule has 0 unspecified atom stereocenters. The van der Waals surface area contributed by atoms with Gasteiger partial charge in [0.1, 0.15) is 0 Å². The molecule has 13 heteroatoms. The maximum Gasteiger partial charge on any atom is 0.416 e. The molecule has 3 rings (SSSR count). The number of rotatable bonds is 6. The second kappa shape index (κ2) is 12.0. The molecular formula is C25H18Cl2F3N3O5. The van der Waals surface area contributed by atoms with Crippen LogP contribution < -0.4 is 20.2 Å². The Morgan fingerprint density at radius 1 is 0.895 bits per heavy atom. The molecule has 0 fully saturated rings. The first-order valence-corrected chi connectivity index (χ1v) is 11.3. The second-order valence-corrected chi connectivity index (χ2v) is 8.39. The van der Waals surface area contributed by atoms with Gasteiger partial charge in [-0.15, -0.1) is 0 Å². The number of benzene rings is 3. The van der Waals surface area contributed by atoms with E-state index in [1.165, 1.54) is 44.4 Å². The fourth-order valence-corrected chi connectivity index (χ4v) is 3.33. The molecule has 0 aliphatic rings. The number of amides is 2. The van der Waals surface area contributed by atoms with Crippen LogP contribution in [0.2, 0.25) is 10.0 Å². The first kappa shape index (κ1) is 28.5. The molecule has 0 aliphatic heterocycles. The average molecular weight is 568 g/mol. The zero-order valence-electron chi connectivity index (χ0n) is 19.7. The van der Waals surface area contributed by atoms with Gasteiger partial charge in [-0.25, -0.2) is 10.2 Å². The van der Waals surface area contributed by atoms with Crippen LogP contribution in [0.25, 0.3) is 0 Å². The molecular weight excluding hydrogens is 550 g/mol. The minimum absolute atomic E-state index is 0.107. The Labute approximate surface area is 224 Å². The topological polar surface area (TPSA) is 106 Å². The van der Waals surface area contributed by atoms with E-state index >= 15 is 0 Å². The number of nitrogens with one attached hydrogen (secondary N) is 2. The number of hydrogen-bond donors (Lipinski definition) is 2. The van der Waals surface area contributed by atoms with Crippen LogP contribution >= 0.6 is 23.2 Å². The molecule has 2 amide bonds. The molecule has 0 saturated carbocycles. The van der Waals surface area contributed by atoms with Crippen molar-refractivity contribution in [2.24, 2.45) is 5.10 Å². The van der Waals surface area contributed by atoms with E-state index in [2.05, 4.69) is 5.10 Å². The van der Waals surface area contributed by atoms with Gasteiger partial charge in [0.05, 0.1) is 34.7 Å². The normalized spacial score (nSPS) is 11.5. The van der Waals surface area contributed by atoms with E-state index in [4.69, 9.17) is 32.7 Å². The first-order chi connectivity index (χ1) is 17.9. The largest absolute Gasteiger partial charge is 0.493 e. The molecule has 8 nitrogen and oxygen atoms in total. The van der Waals surface area contributed by atoms with Crippen molar-refractivity contribution < 1.29 is 37.0 Å². The van der Waals surface area contributed by atoms with Gasteiger partial charge in [-0.1, -0.05) is 29.3 Å². The molecule has 198 valence electrons. The Morgan fingerprint density at radius 2 is 1.63 bits per heavy atom. The molecule has 0 radical (unpaired) electrons. The summed E-state index contributed by atoms with van der Waals surface area (Å²) < 4.78 is 49.4. The number of hydrazone groups is 1. The van der Waals surface area contributed by atoms with Crippen LogP contribution in [0.4, 0.5) is 18.9 Å². The molecule has 0 atom stereocenters. The number of carbonyl (C=O) groups excluding carboxylic acids is 3. The number of alkyl halides is 3. The van der Waals surface area contributed by atoms with Crippen LogP contribution in [0, 0.1) is 0 Å². The van der Waals surface area contributed by atoms with Crippen LogP contribution in [0.15, 0.2) is 65.8 Å². The molecule has 0 saturated heterocycles. The average Bonchev–Trinajstić information content (AvgIpc) is 2.87. The number of methoxy groups -OCH3 is 1. The monoisotopic (exact) mass is 567 g/mol. The van der Waals surface area contributed by atoms with Crippen LogP contribution in [0.1, 0.15) is 28.4 Å². The number of hydrogen-bond acceptors (Lipinski definition) is 6. The molecule has 0 spiro atoms. The van der Waals surface area contributed by atoms with Crippen molar-refractivity contribution in [2.75, 3.05) is 12.4 Å². The van der Waals surface area contributed by atoms with Crippen LogP contribution in [-0.4, -0.2) is 30.6 Å². The van der Waals surface area contributed by atoms with E-state index in [0.29, 0.717) is 16.7 Å². The van der Waals surface area contributed by atoms with Gasteiger partial charge in [0, 0.05) is 10.6 Å². The third-order valence-corrected chi connectivity index (χ3v) is 5.48. The van der Waals surface area contributed by atoms with Crippen molar-refractivity contribution in [1.29, 1.82) is 0 Å². The molecule has 0 aliphatic carbocycles. The number of esters is 1. The highest BCUT2D eigenvalue weighted by atomic mass is 35.5. The molecule has 0 aromatic heterocycles. The minimum atomic E-state index is -4.67.